The molecule has 1 heterocycles. The first-order valence-electron chi connectivity index (χ1n) is 9.95. The monoisotopic (exact) mass is 484 g/mol. The molecule has 0 saturated carbocycles. The highest BCUT2D eigenvalue weighted by Crippen LogP contribution is 2.40. The molecule has 0 saturated heterocycles. The minimum atomic E-state index is -4.75. The van der Waals surface area contributed by atoms with Gasteiger partial charge in [0.1, 0.15) is 5.71 Å². The molecule has 11 heteroatoms. The van der Waals surface area contributed by atoms with Crippen molar-refractivity contribution in [2.24, 2.45) is 5.16 Å². The van der Waals surface area contributed by atoms with E-state index in [-0.39, 0.29) is 17.1 Å². The van der Waals surface area contributed by atoms with E-state index < -0.39 is 34.1 Å². The summed E-state index contributed by atoms with van der Waals surface area (Å²) in [6.07, 6.45) is -3.23. The fourth-order valence-corrected chi connectivity index (χ4v) is 3.28. The number of hydrogen-bond donors (Lipinski definition) is 0. The van der Waals surface area contributed by atoms with Gasteiger partial charge in [-0.2, -0.15) is 13.2 Å². The van der Waals surface area contributed by atoms with Gasteiger partial charge in [-0.05, 0) is 35.9 Å². The van der Waals surface area contributed by atoms with E-state index in [2.05, 4.69) is 5.16 Å². The Morgan fingerprint density at radius 3 is 2.37 bits per heavy atom. The van der Waals surface area contributed by atoms with Crippen LogP contribution in [0.3, 0.4) is 0 Å². The first kappa shape index (κ1) is 23.5. The summed E-state index contributed by atoms with van der Waals surface area (Å²) in [4.78, 5) is 27.4. The molecule has 8 nitrogen and oxygen atoms in total. The third kappa shape index (κ3) is 4.98. The first-order valence-corrected chi connectivity index (χ1v) is 9.95. The van der Waals surface area contributed by atoms with E-state index in [1.807, 2.05) is 6.07 Å². The zero-order valence-electron chi connectivity index (χ0n) is 17.9. The Morgan fingerprint density at radius 2 is 1.71 bits per heavy atom. The summed E-state index contributed by atoms with van der Waals surface area (Å²) < 4.78 is 49.7. The lowest BCUT2D eigenvalue weighted by Gasteiger charge is -2.13. The van der Waals surface area contributed by atoms with Gasteiger partial charge in [0.2, 0.25) is 5.75 Å². The average Bonchev–Trinajstić information content (AvgIpc) is 3.19. The van der Waals surface area contributed by atoms with Crippen LogP contribution < -0.4 is 9.47 Å². The Balaban J connectivity index is 1.67. The van der Waals surface area contributed by atoms with E-state index in [1.165, 1.54) is 31.4 Å². The highest BCUT2D eigenvalue weighted by molar-refractivity contribution is 6.31. The highest BCUT2D eigenvalue weighted by atomic mass is 19.4. The topological polar surface area (TPSA) is 100 Å². The van der Waals surface area contributed by atoms with Gasteiger partial charge in [-0.15, -0.1) is 0 Å². The first-order chi connectivity index (χ1) is 16.7. The van der Waals surface area contributed by atoms with Gasteiger partial charge >= 0.3 is 17.8 Å². The van der Waals surface area contributed by atoms with Crippen molar-refractivity contribution in [3.05, 3.63) is 99.1 Å². The Kier molecular flexibility index (Phi) is 6.24. The van der Waals surface area contributed by atoms with E-state index in [0.717, 1.165) is 6.07 Å². The molecule has 1 aliphatic heterocycles. The summed E-state index contributed by atoms with van der Waals surface area (Å²) in [5.41, 5.74) is -0.324. The highest BCUT2D eigenvalue weighted by Gasteiger charge is 2.33. The maximum atomic E-state index is 13.0. The van der Waals surface area contributed by atoms with Gasteiger partial charge in [0.05, 0.1) is 23.2 Å². The molecule has 0 aromatic heterocycles. The summed E-state index contributed by atoms with van der Waals surface area (Å²) >= 11 is 0. The Labute approximate surface area is 196 Å². The number of benzene rings is 3. The fourth-order valence-electron chi connectivity index (χ4n) is 3.28. The van der Waals surface area contributed by atoms with Crippen LogP contribution in [-0.4, -0.2) is 23.7 Å². The molecule has 0 spiro atoms. The van der Waals surface area contributed by atoms with Crippen molar-refractivity contribution in [2.45, 2.75) is 6.18 Å². The molecule has 35 heavy (non-hydrogen) atoms. The fraction of sp³-hybridized carbons (Fsp3) is 0.0833. The molecule has 4 rings (SSSR count). The van der Waals surface area contributed by atoms with Crippen LogP contribution in [0.15, 0.2) is 77.5 Å². The summed E-state index contributed by atoms with van der Waals surface area (Å²) in [5, 5.41) is 15.2. The third-order valence-electron chi connectivity index (χ3n) is 4.94. The lowest BCUT2D eigenvalue weighted by Crippen LogP contribution is -2.06. The molecule has 0 atom stereocenters. The van der Waals surface area contributed by atoms with Crippen molar-refractivity contribution in [1.29, 1.82) is 0 Å². The quantitative estimate of drug-likeness (QED) is 0.191. The molecule has 0 bridgehead atoms. The van der Waals surface area contributed by atoms with Gasteiger partial charge in [0.15, 0.2) is 11.5 Å². The number of hydrogen-bond acceptors (Lipinski definition) is 7. The number of nitrogens with zero attached hydrogens (tertiary/aromatic N) is 2. The van der Waals surface area contributed by atoms with Crippen molar-refractivity contribution in [3.63, 3.8) is 0 Å². The molecule has 3 aromatic carbocycles. The SMILES string of the molecule is COc1cc(/C=C2\C(=O)ON=C2c2ccccc2)ccc1Oc1ccc(C(F)(F)F)cc1[N+](=O)[O-]. The number of oxime groups is 1. The van der Waals surface area contributed by atoms with Gasteiger partial charge in [0, 0.05) is 11.6 Å². The van der Waals surface area contributed by atoms with Crippen molar-refractivity contribution in [3.8, 4) is 17.2 Å². The number of alkyl halides is 3. The predicted molar refractivity (Wildman–Crippen MR) is 118 cm³/mol. The molecule has 1 aliphatic rings. The van der Waals surface area contributed by atoms with Gasteiger partial charge in [0.25, 0.3) is 0 Å². The van der Waals surface area contributed by atoms with Crippen LogP contribution in [0.1, 0.15) is 16.7 Å². The molecule has 178 valence electrons. The van der Waals surface area contributed by atoms with Crippen LogP contribution >= 0.6 is 0 Å². The summed E-state index contributed by atoms with van der Waals surface area (Å²) in [6.45, 7) is 0. The molecular weight excluding hydrogens is 469 g/mol. The van der Waals surface area contributed by atoms with Crippen LogP contribution in [0.2, 0.25) is 0 Å². The number of halogens is 3. The largest absolute Gasteiger partial charge is 0.493 e. The second-order valence-corrected chi connectivity index (χ2v) is 7.19. The maximum Gasteiger partial charge on any atom is 0.416 e. The van der Waals surface area contributed by atoms with E-state index in [9.17, 15) is 28.1 Å². The third-order valence-corrected chi connectivity index (χ3v) is 4.94. The van der Waals surface area contributed by atoms with Crippen molar-refractivity contribution in [1.82, 2.24) is 0 Å². The smallest absolute Gasteiger partial charge is 0.416 e. The zero-order chi connectivity index (χ0) is 25.2. The number of nitro groups is 1. The van der Waals surface area contributed by atoms with E-state index in [1.54, 1.807) is 24.3 Å². The number of rotatable bonds is 6. The van der Waals surface area contributed by atoms with Gasteiger partial charge in [-0.1, -0.05) is 41.6 Å². The molecule has 0 fully saturated rings. The molecule has 0 aliphatic carbocycles. The van der Waals surface area contributed by atoms with Crippen LogP contribution in [0.4, 0.5) is 18.9 Å². The molecule has 0 N–H and O–H groups in total. The second-order valence-electron chi connectivity index (χ2n) is 7.19. The maximum absolute atomic E-state index is 13.0. The van der Waals surface area contributed by atoms with E-state index in [0.29, 0.717) is 29.0 Å². The lowest BCUT2D eigenvalue weighted by atomic mass is 10.0. The second kappa shape index (κ2) is 9.29. The Hall–Kier alpha value is -4.67. The van der Waals surface area contributed by atoms with Gasteiger partial charge < -0.3 is 14.3 Å². The van der Waals surface area contributed by atoms with Crippen LogP contribution in [0.5, 0.6) is 17.2 Å². The van der Waals surface area contributed by atoms with Crippen LogP contribution in [-0.2, 0) is 15.8 Å². The lowest BCUT2D eigenvalue weighted by molar-refractivity contribution is -0.385. The van der Waals surface area contributed by atoms with Gasteiger partial charge in [-0.25, -0.2) is 4.79 Å². The molecule has 0 unspecified atom stereocenters. The summed E-state index contributed by atoms with van der Waals surface area (Å²) in [5.74, 6) is -0.907. The number of nitro benzene ring substituents is 1. The Morgan fingerprint density at radius 1 is 1.00 bits per heavy atom. The molecule has 3 aromatic rings. The normalized spacial score (nSPS) is 14.5. The summed E-state index contributed by atoms with van der Waals surface area (Å²) in [7, 11) is 1.32. The van der Waals surface area contributed by atoms with E-state index >= 15 is 0 Å². The molecular formula is C24H15F3N2O6. The standard InChI is InChI=1S/C24H15F3N2O6/c1-33-21-12-14(11-17-22(28-35-23(17)30)15-5-3-2-4-6-15)7-9-20(21)34-19-10-8-16(24(25,26)27)13-18(19)29(31)32/h2-13H,1H3/b17-11-. The van der Waals surface area contributed by atoms with Crippen LogP contribution in [0, 0.1) is 10.1 Å². The summed E-state index contributed by atoms with van der Waals surface area (Å²) in [6, 6.07) is 15.3. The molecule has 0 radical (unpaired) electrons. The predicted octanol–water partition coefficient (Wildman–Crippen LogP) is 5.76. The Bertz CT molecular complexity index is 1370. The number of carbonyl (C=O) groups excluding carboxylic acids is 1. The number of carbonyl (C=O) groups is 1. The zero-order valence-corrected chi connectivity index (χ0v) is 17.9. The van der Waals surface area contributed by atoms with Crippen LogP contribution in [0.25, 0.3) is 6.08 Å². The van der Waals surface area contributed by atoms with Gasteiger partial charge in [-0.3, -0.25) is 10.1 Å². The van der Waals surface area contributed by atoms with Crippen molar-refractivity contribution >= 4 is 23.4 Å². The van der Waals surface area contributed by atoms with Crippen molar-refractivity contribution < 1.29 is 37.2 Å². The van der Waals surface area contributed by atoms with E-state index in [4.69, 9.17) is 14.3 Å². The van der Waals surface area contributed by atoms with Crippen molar-refractivity contribution in [2.75, 3.05) is 7.11 Å². The number of methoxy groups -OCH3 is 1. The average molecular weight is 484 g/mol. The minimum absolute atomic E-state index is 0.0171. The number of ether oxygens (including phenoxy) is 2. The minimum Gasteiger partial charge on any atom is -0.493 e. The molecule has 0 amide bonds.